The smallest absolute Gasteiger partial charge is 0.277 e. The van der Waals surface area contributed by atoms with Crippen LogP contribution in [0.2, 0.25) is 0 Å². The summed E-state index contributed by atoms with van der Waals surface area (Å²) in [5, 5.41) is 8.14. The van der Waals surface area contributed by atoms with Crippen molar-refractivity contribution in [2.45, 2.75) is 24.3 Å². The minimum Gasteiger partial charge on any atom is -0.497 e. The van der Waals surface area contributed by atoms with E-state index in [0.29, 0.717) is 16.7 Å². The lowest BCUT2D eigenvalue weighted by Crippen LogP contribution is -2.13. The van der Waals surface area contributed by atoms with Gasteiger partial charge < -0.3 is 9.15 Å². The van der Waals surface area contributed by atoms with Gasteiger partial charge in [0.25, 0.3) is 5.22 Å². The number of Topliss-reactive ketones (excluding diaryl/α,β-unsaturated/α-hetero) is 1. The van der Waals surface area contributed by atoms with Crippen LogP contribution in [0.5, 0.6) is 5.75 Å². The predicted octanol–water partition coefficient (Wildman–Crippen LogP) is 4.42. The zero-order valence-electron chi connectivity index (χ0n) is 14.2. The summed E-state index contributed by atoms with van der Waals surface area (Å²) in [5.41, 5.74) is 2.65. The number of aromatic nitrogens is 2. The molecule has 128 valence electrons. The third-order valence-corrected chi connectivity index (χ3v) is 4.66. The molecule has 0 spiro atoms. The maximum absolute atomic E-state index is 12.5. The van der Waals surface area contributed by atoms with E-state index in [4.69, 9.17) is 9.15 Å². The Hall–Kier alpha value is -2.60. The molecule has 0 bridgehead atoms. The fraction of sp³-hybridized carbons (Fsp3) is 0.211. The van der Waals surface area contributed by atoms with Gasteiger partial charge in [0.1, 0.15) is 5.75 Å². The highest BCUT2D eigenvalue weighted by Crippen LogP contribution is 2.28. The molecule has 0 aliphatic carbocycles. The van der Waals surface area contributed by atoms with Gasteiger partial charge in [-0.3, -0.25) is 4.79 Å². The van der Waals surface area contributed by atoms with Crippen molar-refractivity contribution < 1.29 is 13.9 Å². The number of ketones is 1. The molecule has 0 N–H and O–H groups in total. The standard InChI is InChI=1S/C19H18N2O3S/c1-12-4-6-15(7-5-12)18-20-21-19(24-18)25-13(2)17(22)14-8-10-16(23-3)11-9-14/h4-11,13H,1-3H3. The van der Waals surface area contributed by atoms with E-state index >= 15 is 0 Å². The summed E-state index contributed by atoms with van der Waals surface area (Å²) in [7, 11) is 1.59. The topological polar surface area (TPSA) is 65.2 Å². The lowest BCUT2D eigenvalue weighted by molar-refractivity contribution is 0.0993. The van der Waals surface area contributed by atoms with Crippen LogP contribution in [0.25, 0.3) is 11.5 Å². The highest BCUT2D eigenvalue weighted by molar-refractivity contribution is 8.00. The van der Waals surface area contributed by atoms with Crippen LogP contribution in [0, 0.1) is 6.92 Å². The monoisotopic (exact) mass is 354 g/mol. The SMILES string of the molecule is COc1ccc(C(=O)C(C)Sc2nnc(-c3ccc(C)cc3)o2)cc1. The summed E-state index contributed by atoms with van der Waals surface area (Å²) < 4.78 is 10.8. The van der Waals surface area contributed by atoms with Gasteiger partial charge in [-0.2, -0.15) is 0 Å². The number of thioether (sulfide) groups is 1. The highest BCUT2D eigenvalue weighted by atomic mass is 32.2. The minimum absolute atomic E-state index is 0.00254. The minimum atomic E-state index is -0.334. The van der Waals surface area contributed by atoms with Crippen LogP contribution in [0.4, 0.5) is 0 Å². The number of rotatable bonds is 6. The number of benzene rings is 2. The average Bonchev–Trinajstić information content (AvgIpc) is 3.10. The van der Waals surface area contributed by atoms with Gasteiger partial charge >= 0.3 is 0 Å². The Bertz CT molecular complexity index is 857. The normalized spacial score (nSPS) is 12.0. The fourth-order valence-corrected chi connectivity index (χ4v) is 3.03. The summed E-state index contributed by atoms with van der Waals surface area (Å²) in [4.78, 5) is 12.5. The molecule has 3 aromatic rings. The van der Waals surface area contributed by atoms with Gasteiger partial charge in [0, 0.05) is 11.1 Å². The Labute approximate surface area is 150 Å². The van der Waals surface area contributed by atoms with Crippen LogP contribution in [-0.4, -0.2) is 28.3 Å². The van der Waals surface area contributed by atoms with Crippen LogP contribution < -0.4 is 4.74 Å². The molecule has 1 unspecified atom stereocenters. The van der Waals surface area contributed by atoms with Gasteiger partial charge in [-0.1, -0.05) is 29.5 Å². The molecule has 25 heavy (non-hydrogen) atoms. The first-order chi connectivity index (χ1) is 12.1. The molecule has 1 aromatic heterocycles. The first kappa shape index (κ1) is 17.2. The number of nitrogens with zero attached hydrogens (tertiary/aromatic N) is 2. The zero-order chi connectivity index (χ0) is 17.8. The molecular weight excluding hydrogens is 336 g/mol. The quantitative estimate of drug-likeness (QED) is 0.482. The first-order valence-electron chi connectivity index (χ1n) is 7.82. The second-order valence-corrected chi connectivity index (χ2v) is 6.88. The van der Waals surface area contributed by atoms with Gasteiger partial charge in [-0.15, -0.1) is 10.2 Å². The van der Waals surface area contributed by atoms with Crippen molar-refractivity contribution in [2.75, 3.05) is 7.11 Å². The Kier molecular flexibility index (Phi) is 5.19. The number of hydrogen-bond donors (Lipinski definition) is 0. The Morgan fingerprint density at radius 2 is 1.76 bits per heavy atom. The largest absolute Gasteiger partial charge is 0.497 e. The number of methoxy groups -OCH3 is 1. The molecule has 1 atom stereocenters. The van der Waals surface area contributed by atoms with E-state index in [2.05, 4.69) is 10.2 Å². The number of aryl methyl sites for hydroxylation is 1. The lowest BCUT2D eigenvalue weighted by Gasteiger charge is -2.08. The van der Waals surface area contributed by atoms with E-state index in [1.54, 1.807) is 31.4 Å². The van der Waals surface area contributed by atoms with Crippen LogP contribution in [0.1, 0.15) is 22.8 Å². The molecule has 0 fully saturated rings. The number of carbonyl (C=O) groups excluding carboxylic acids is 1. The molecule has 0 saturated heterocycles. The molecule has 6 heteroatoms. The molecule has 0 amide bonds. The summed E-state index contributed by atoms with van der Waals surface area (Å²) in [6.07, 6.45) is 0. The van der Waals surface area contributed by atoms with E-state index in [9.17, 15) is 4.79 Å². The molecule has 0 aliphatic rings. The molecule has 0 saturated carbocycles. The van der Waals surface area contributed by atoms with Crippen molar-refractivity contribution in [3.8, 4) is 17.2 Å². The maximum atomic E-state index is 12.5. The van der Waals surface area contributed by atoms with Gasteiger partial charge in [-0.25, -0.2) is 0 Å². The van der Waals surface area contributed by atoms with Gasteiger partial charge in [0.05, 0.1) is 12.4 Å². The molecular formula is C19H18N2O3S. The fourth-order valence-electron chi connectivity index (χ4n) is 2.26. The zero-order valence-corrected chi connectivity index (χ0v) is 15.0. The third-order valence-electron chi connectivity index (χ3n) is 3.73. The molecule has 0 radical (unpaired) electrons. The summed E-state index contributed by atoms with van der Waals surface area (Å²) in [6, 6.07) is 14.9. The van der Waals surface area contributed by atoms with Crippen molar-refractivity contribution in [3.63, 3.8) is 0 Å². The average molecular weight is 354 g/mol. The maximum Gasteiger partial charge on any atom is 0.277 e. The van der Waals surface area contributed by atoms with Crippen LogP contribution in [-0.2, 0) is 0 Å². The van der Waals surface area contributed by atoms with E-state index < -0.39 is 0 Å². The van der Waals surface area contributed by atoms with Crippen molar-refractivity contribution in [3.05, 3.63) is 59.7 Å². The van der Waals surface area contributed by atoms with Gasteiger partial charge in [0.2, 0.25) is 5.89 Å². The first-order valence-corrected chi connectivity index (χ1v) is 8.70. The Morgan fingerprint density at radius 3 is 2.40 bits per heavy atom. The molecule has 1 heterocycles. The summed E-state index contributed by atoms with van der Waals surface area (Å²) >= 11 is 1.25. The van der Waals surface area contributed by atoms with Gasteiger partial charge in [-0.05, 0) is 50.2 Å². The second kappa shape index (κ2) is 7.53. The van der Waals surface area contributed by atoms with Crippen LogP contribution in [0.15, 0.2) is 58.2 Å². The summed E-state index contributed by atoms with van der Waals surface area (Å²) in [5.74, 6) is 1.17. The van der Waals surface area contributed by atoms with E-state index in [1.807, 2.05) is 38.1 Å². The number of carbonyl (C=O) groups is 1. The Balaban J connectivity index is 1.69. The molecule has 0 aliphatic heterocycles. The highest BCUT2D eigenvalue weighted by Gasteiger charge is 2.20. The van der Waals surface area contributed by atoms with Crippen molar-refractivity contribution in [2.24, 2.45) is 0 Å². The van der Waals surface area contributed by atoms with Crippen LogP contribution >= 0.6 is 11.8 Å². The van der Waals surface area contributed by atoms with E-state index in [0.717, 1.165) is 16.9 Å². The third kappa shape index (κ3) is 4.09. The van der Waals surface area contributed by atoms with E-state index in [-0.39, 0.29) is 11.0 Å². The predicted molar refractivity (Wildman–Crippen MR) is 97.1 cm³/mol. The second-order valence-electron chi connectivity index (χ2n) is 5.59. The summed E-state index contributed by atoms with van der Waals surface area (Å²) in [6.45, 7) is 3.85. The van der Waals surface area contributed by atoms with Gasteiger partial charge in [0.15, 0.2) is 5.78 Å². The van der Waals surface area contributed by atoms with E-state index in [1.165, 1.54) is 11.8 Å². The molecule has 2 aromatic carbocycles. The Morgan fingerprint density at radius 1 is 1.08 bits per heavy atom. The number of ether oxygens (including phenoxy) is 1. The molecule has 3 rings (SSSR count). The molecule has 5 nitrogen and oxygen atoms in total. The van der Waals surface area contributed by atoms with Crippen molar-refractivity contribution in [1.82, 2.24) is 10.2 Å². The van der Waals surface area contributed by atoms with Crippen molar-refractivity contribution in [1.29, 1.82) is 0 Å². The van der Waals surface area contributed by atoms with Crippen molar-refractivity contribution >= 4 is 17.5 Å². The number of hydrogen-bond acceptors (Lipinski definition) is 6. The lowest BCUT2D eigenvalue weighted by atomic mass is 10.1. The van der Waals surface area contributed by atoms with Crippen LogP contribution in [0.3, 0.4) is 0 Å².